The van der Waals surface area contributed by atoms with Crippen LogP contribution in [0, 0.1) is 6.92 Å². The first-order chi connectivity index (χ1) is 40.3. The number of phenolic OH excluding ortho intramolecular Hbond substituents is 1. The van der Waals surface area contributed by atoms with Crippen LogP contribution in [-0.4, -0.2) is 114 Å². The van der Waals surface area contributed by atoms with Crippen molar-refractivity contribution in [2.45, 2.75) is 40.7 Å². The molecule has 0 aliphatic carbocycles. The number of aromatic hydroxyl groups is 1. The van der Waals surface area contributed by atoms with Crippen molar-refractivity contribution >= 4 is 106 Å². The number of amides is 1. The number of hydrogen-bond acceptors (Lipinski definition) is 14. The molecule has 8 rings (SSSR count). The molecule has 0 aliphatic heterocycles. The van der Waals surface area contributed by atoms with Crippen LogP contribution >= 0.6 is 43.5 Å². The van der Waals surface area contributed by atoms with Crippen LogP contribution in [0.2, 0.25) is 5.02 Å². The highest BCUT2D eigenvalue weighted by Crippen LogP contribution is 2.34. The lowest BCUT2D eigenvalue weighted by atomic mass is 9.97. The summed E-state index contributed by atoms with van der Waals surface area (Å²) < 4.78 is 40.8. The van der Waals surface area contributed by atoms with Gasteiger partial charge in [-0.05, 0) is 98.1 Å². The third-order valence-corrected chi connectivity index (χ3v) is 15.2. The van der Waals surface area contributed by atoms with E-state index in [0.717, 1.165) is 17.5 Å². The number of unbranched alkanes of at least 4 members (excludes halogenated alkanes) is 1. The van der Waals surface area contributed by atoms with E-state index in [2.05, 4.69) is 48.7 Å². The number of ether oxygens (including phenoxy) is 2. The number of aromatic carboxylic acids is 3. The molecule has 7 N–H and O–H groups in total. The van der Waals surface area contributed by atoms with Gasteiger partial charge in [-0.15, -0.1) is 6.58 Å². The molecule has 2 aromatic heterocycles. The number of nitrogens with zero attached hydrogens (tertiary/aromatic N) is 2. The second-order valence-corrected chi connectivity index (χ2v) is 21.1. The molecule has 0 fully saturated rings. The standard InChI is InChI=1S/C15H12N2O2.C15H12O5.C14H12O6S.C10H8Br2ClNO3.C6H10O2/c1-10-7-8-17-12(9-10)16-13(14(17)15(18)19)11-5-3-2-4-6-11;1-20-9-6-7-12(13(16)8-9)14(17)10-4-2-3-5-11(10)15(18)19;1-19-12-9-5-8-11(14(15)16)13(12)20-21(17,18)10-6-3-2-4-7-10;11-7(8(12)10(16)17)9(15)14-6-3-1-2-5(13)4-6;1-2-3-4-5-6(7)8/h2-9H,1H3,(H,18,19);2-8,16H,1H3,(H,18,19);2-9H,1H3,(H,15,16);1-4,7-8H,(H,14,15)(H,16,17);2H,1,3-5H2,(H,7,8). The molecule has 21 nitrogen and oxygen atoms in total. The number of nitrogens with one attached hydrogen (secondary N) is 1. The number of phenols is 1. The molecule has 8 aromatic rings. The van der Waals surface area contributed by atoms with Gasteiger partial charge in [0.2, 0.25) is 5.91 Å². The molecule has 25 heteroatoms. The highest BCUT2D eigenvalue weighted by Gasteiger charge is 2.30. The third-order valence-electron chi connectivity index (χ3n) is 11.2. The number of aryl methyl sites for hydroxylation is 1. The van der Waals surface area contributed by atoms with E-state index < -0.39 is 61.3 Å². The van der Waals surface area contributed by atoms with Crippen LogP contribution in [0.3, 0.4) is 0 Å². The number of hydrogen-bond donors (Lipinski definition) is 7. The van der Waals surface area contributed by atoms with Crippen molar-refractivity contribution in [2.75, 3.05) is 19.5 Å². The van der Waals surface area contributed by atoms with E-state index in [0.29, 0.717) is 34.2 Å². The molecule has 2 atom stereocenters. The van der Waals surface area contributed by atoms with Crippen LogP contribution in [0.1, 0.15) is 72.0 Å². The zero-order chi connectivity index (χ0) is 63.0. The monoisotopic (exact) mass is 1330 g/mol. The normalized spacial score (nSPS) is 11.0. The molecule has 2 heterocycles. The Morgan fingerprint density at radius 2 is 1.29 bits per heavy atom. The highest BCUT2D eigenvalue weighted by molar-refractivity contribution is 9.12. The van der Waals surface area contributed by atoms with Gasteiger partial charge in [0, 0.05) is 40.5 Å². The fourth-order valence-electron chi connectivity index (χ4n) is 7.10. The van der Waals surface area contributed by atoms with Crippen molar-refractivity contribution < 1.29 is 86.3 Å². The molecule has 444 valence electrons. The second-order valence-electron chi connectivity index (χ2n) is 17.2. The van der Waals surface area contributed by atoms with Gasteiger partial charge in [-0.1, -0.05) is 128 Å². The number of methoxy groups -OCH3 is 2. The molecule has 6 aromatic carbocycles. The summed E-state index contributed by atoms with van der Waals surface area (Å²) in [4.78, 5) is 80.8. The minimum absolute atomic E-state index is 0.0226. The van der Waals surface area contributed by atoms with Crippen molar-refractivity contribution in [3.8, 4) is 34.3 Å². The Morgan fingerprint density at radius 1 is 0.694 bits per heavy atom. The first kappa shape index (κ1) is 68.1. The Morgan fingerprint density at radius 3 is 1.85 bits per heavy atom. The van der Waals surface area contributed by atoms with Crippen LogP contribution in [0.5, 0.6) is 23.0 Å². The number of alkyl halides is 2. The topological polar surface area (TPSA) is 332 Å². The molecule has 0 bridgehead atoms. The number of allylic oxidation sites excluding steroid dienone is 1. The number of carboxylic acids is 5. The quantitative estimate of drug-likeness (QED) is 0.0130. The predicted octanol–water partition coefficient (Wildman–Crippen LogP) is 11.8. The average molecular weight is 1330 g/mol. The lowest BCUT2D eigenvalue weighted by molar-refractivity contribution is -0.137. The number of benzene rings is 6. The molecule has 0 radical (unpaired) electrons. The van der Waals surface area contributed by atoms with E-state index >= 15 is 0 Å². The summed E-state index contributed by atoms with van der Waals surface area (Å²) in [6.45, 7) is 5.42. The summed E-state index contributed by atoms with van der Waals surface area (Å²) >= 11 is 11.7. The fourth-order valence-corrected chi connectivity index (χ4v) is 8.85. The zero-order valence-corrected chi connectivity index (χ0v) is 49.9. The summed E-state index contributed by atoms with van der Waals surface area (Å²) in [6.07, 6.45) is 5.23. The predicted molar refractivity (Wildman–Crippen MR) is 323 cm³/mol. The SMILES string of the molecule is C=CCCCC(=O)O.COc1ccc(C(=O)c2ccccc2C(=O)O)c(O)c1.COc1cccc(C(=O)O)c1OS(=O)(=O)c1ccccc1.Cc1ccn2c(C(=O)O)c(-c3ccccc3)nc2c1.O=C(O)C(Br)C(Br)C(=O)Nc1cccc(Cl)c1. The number of aromatic nitrogens is 2. The second kappa shape index (κ2) is 33.1. The van der Waals surface area contributed by atoms with Crippen LogP contribution in [0.4, 0.5) is 5.69 Å². The maximum absolute atomic E-state index is 12.3. The van der Waals surface area contributed by atoms with E-state index in [9.17, 15) is 52.2 Å². The Bertz CT molecular complexity index is 3790. The number of anilines is 1. The van der Waals surface area contributed by atoms with E-state index in [-0.39, 0.29) is 56.5 Å². The summed E-state index contributed by atoms with van der Waals surface area (Å²) in [5.41, 5.74) is 3.37. The number of halogens is 3. The number of aliphatic carboxylic acids is 2. The van der Waals surface area contributed by atoms with Gasteiger partial charge in [0.25, 0.3) is 0 Å². The molecular weight excluding hydrogens is 1280 g/mol. The number of carbonyl (C=O) groups excluding carboxylic acids is 2. The summed E-state index contributed by atoms with van der Waals surface area (Å²) in [7, 11) is -1.41. The Balaban J connectivity index is 0.000000233. The van der Waals surface area contributed by atoms with Gasteiger partial charge in [0.05, 0.1) is 25.3 Å². The first-order valence-electron chi connectivity index (χ1n) is 24.7. The van der Waals surface area contributed by atoms with Crippen molar-refractivity contribution in [1.29, 1.82) is 0 Å². The number of carbonyl (C=O) groups is 7. The van der Waals surface area contributed by atoms with E-state index in [1.54, 1.807) is 53.1 Å². The van der Waals surface area contributed by atoms with Crippen molar-refractivity contribution in [2.24, 2.45) is 0 Å². The first-order valence-corrected chi connectivity index (χ1v) is 28.3. The van der Waals surface area contributed by atoms with Crippen LogP contribution in [0.25, 0.3) is 16.9 Å². The molecule has 0 aliphatic rings. The van der Waals surface area contributed by atoms with E-state index in [4.69, 9.17) is 45.7 Å². The molecule has 1 amide bonds. The van der Waals surface area contributed by atoms with E-state index in [1.165, 1.54) is 93.1 Å². The summed E-state index contributed by atoms with van der Waals surface area (Å²) in [5.74, 6) is -6.52. The minimum atomic E-state index is -4.15. The van der Waals surface area contributed by atoms with Gasteiger partial charge in [-0.25, -0.2) is 19.4 Å². The zero-order valence-electron chi connectivity index (χ0n) is 45.2. The van der Waals surface area contributed by atoms with Crippen molar-refractivity contribution in [3.05, 3.63) is 215 Å². The number of ketones is 1. The fraction of sp³-hybridized carbons (Fsp3) is 0.133. The largest absolute Gasteiger partial charge is 0.507 e. The molecule has 0 saturated heterocycles. The Labute approximate surface area is 508 Å². The number of pyridine rings is 1. The number of para-hydroxylation sites is 1. The lowest BCUT2D eigenvalue weighted by Crippen LogP contribution is -2.34. The Hall–Kier alpha value is -9.36. The molecule has 0 saturated carbocycles. The minimum Gasteiger partial charge on any atom is -0.507 e. The van der Waals surface area contributed by atoms with Crippen molar-refractivity contribution in [3.63, 3.8) is 0 Å². The molecule has 2 unspecified atom stereocenters. The third kappa shape index (κ3) is 20.2. The van der Waals surface area contributed by atoms with Gasteiger partial charge in [0.1, 0.15) is 43.0 Å². The van der Waals surface area contributed by atoms with Crippen LogP contribution in [-0.2, 0) is 24.5 Å². The lowest BCUT2D eigenvalue weighted by Gasteiger charge is -2.13. The summed E-state index contributed by atoms with van der Waals surface area (Å²) in [5, 5.41) is 57.3. The van der Waals surface area contributed by atoms with Gasteiger partial charge in [0.15, 0.2) is 23.0 Å². The highest BCUT2D eigenvalue weighted by atomic mass is 79.9. The number of rotatable bonds is 19. The van der Waals surface area contributed by atoms with Gasteiger partial charge in [-0.3, -0.25) is 23.6 Å². The van der Waals surface area contributed by atoms with Gasteiger partial charge < -0.3 is 49.6 Å². The Kier molecular flexibility index (Phi) is 26.5. The summed E-state index contributed by atoms with van der Waals surface area (Å²) in [6, 6.07) is 41.3. The molecule has 85 heavy (non-hydrogen) atoms. The van der Waals surface area contributed by atoms with Crippen LogP contribution in [0.15, 0.2) is 181 Å². The van der Waals surface area contributed by atoms with Gasteiger partial charge in [-0.2, -0.15) is 8.42 Å². The average Bonchev–Trinajstić information content (AvgIpc) is 3.89. The van der Waals surface area contributed by atoms with Crippen LogP contribution < -0.4 is 19.0 Å². The number of fused-ring (bicyclic) bond motifs is 1. The molecule has 0 spiro atoms. The number of imidazole rings is 1. The maximum Gasteiger partial charge on any atom is 0.355 e. The van der Waals surface area contributed by atoms with Crippen molar-refractivity contribution in [1.82, 2.24) is 9.38 Å². The number of carboxylic acid groups (broad SMARTS) is 5. The maximum atomic E-state index is 12.3. The molecular formula is C60H54Br2ClN3O18S. The van der Waals surface area contributed by atoms with E-state index in [1.807, 2.05) is 49.4 Å². The van der Waals surface area contributed by atoms with Gasteiger partial charge >= 0.3 is 40.0 Å². The smallest absolute Gasteiger partial charge is 0.355 e.